The Balaban J connectivity index is 2.45. The third-order valence-corrected chi connectivity index (χ3v) is 3.57. The van der Waals surface area contributed by atoms with Crippen LogP contribution in [0.25, 0.3) is 0 Å². The number of hydrogen-bond donors (Lipinski definition) is 2. The van der Waals surface area contributed by atoms with E-state index in [4.69, 9.17) is 5.11 Å². The summed E-state index contributed by atoms with van der Waals surface area (Å²) in [5.74, 6) is -1.39. The second-order valence-electron chi connectivity index (χ2n) is 3.76. The lowest BCUT2D eigenvalue weighted by Crippen LogP contribution is -2.47. The van der Waals surface area contributed by atoms with Crippen molar-refractivity contribution in [1.82, 2.24) is 10.2 Å². The molecule has 0 aromatic rings. The van der Waals surface area contributed by atoms with Gasteiger partial charge in [-0.1, -0.05) is 0 Å². The minimum absolute atomic E-state index is 0.283. The van der Waals surface area contributed by atoms with Gasteiger partial charge in [0.05, 0.1) is 24.8 Å². The number of carbonyl (C=O) groups excluding carboxylic acids is 2. The summed E-state index contributed by atoms with van der Waals surface area (Å²) in [4.78, 5) is 39.9. The number of nitrogens with zero attached hydrogens (tertiary/aromatic N) is 2. The minimum Gasteiger partial charge on any atom is -0.480 e. The van der Waals surface area contributed by atoms with Gasteiger partial charge >= 0.3 is 5.97 Å². The van der Waals surface area contributed by atoms with E-state index in [1.807, 2.05) is 0 Å². The number of carboxylic acids is 1. The number of hydrogen-bond acceptors (Lipinski definition) is 7. The molecule has 2 atom stereocenters. The molecule has 0 aromatic heterocycles. The summed E-state index contributed by atoms with van der Waals surface area (Å²) >= 11 is 5.55. The zero-order valence-electron chi connectivity index (χ0n) is 10.1. The number of aliphatic carboxylic acids is 1. The van der Waals surface area contributed by atoms with E-state index in [9.17, 15) is 14.4 Å². The fourth-order valence-corrected chi connectivity index (χ4v) is 2.71. The Morgan fingerprint density at radius 2 is 2.32 bits per heavy atom. The van der Waals surface area contributed by atoms with Crippen molar-refractivity contribution in [1.29, 1.82) is 0 Å². The Labute approximate surface area is 119 Å². The molecule has 1 aliphatic rings. The van der Waals surface area contributed by atoms with Crippen LogP contribution in [0.1, 0.15) is 6.92 Å². The monoisotopic (exact) mass is 307 g/mol. The second kappa shape index (κ2) is 7.24. The maximum Gasteiger partial charge on any atom is 0.327 e. The molecule has 2 N–H and O–H groups in total. The summed E-state index contributed by atoms with van der Waals surface area (Å²) < 4.78 is 2.94. The average Bonchev–Trinajstić information content (AvgIpc) is 2.85. The molecule has 0 spiro atoms. The van der Waals surface area contributed by atoms with E-state index in [0.717, 1.165) is 0 Å². The van der Waals surface area contributed by atoms with Crippen LogP contribution < -0.4 is 5.32 Å². The van der Waals surface area contributed by atoms with E-state index < -0.39 is 29.9 Å². The zero-order chi connectivity index (χ0) is 14.4. The molecule has 1 rings (SSSR count). The van der Waals surface area contributed by atoms with Crippen LogP contribution >= 0.6 is 11.8 Å². The maximum atomic E-state index is 11.8. The van der Waals surface area contributed by atoms with Crippen LogP contribution in [-0.2, 0) is 31.6 Å². The lowest BCUT2D eigenvalue weighted by atomic mass is 10.3. The maximum absolute atomic E-state index is 11.8. The van der Waals surface area contributed by atoms with Gasteiger partial charge in [-0.2, -0.15) is 0 Å². The van der Waals surface area contributed by atoms with Crippen molar-refractivity contribution in [2.45, 2.75) is 19.1 Å². The standard InChI is InChI=1S/C9H13N3O5S2/c1-5(17-11-18)8(14)10-2-7(13)12-4-19-3-6(12)9(15)16/h5-6H,2-4H2,1H3,(H,10,14)(H,15,16). The Morgan fingerprint density at radius 1 is 1.63 bits per heavy atom. The third kappa shape index (κ3) is 4.31. The second-order valence-corrected chi connectivity index (χ2v) is 4.91. The Bertz CT molecular complexity index is 392. The van der Waals surface area contributed by atoms with Gasteiger partial charge in [-0.15, -0.1) is 11.8 Å². The SMILES string of the molecule is CC(ON=S)C(=O)NCC(=O)N1CSCC1C(=O)O. The first-order valence-electron chi connectivity index (χ1n) is 5.33. The van der Waals surface area contributed by atoms with Crippen LogP contribution in [0.2, 0.25) is 0 Å². The van der Waals surface area contributed by atoms with Gasteiger partial charge in [0, 0.05) is 5.75 Å². The number of rotatable bonds is 6. The Hall–Kier alpha value is -1.42. The van der Waals surface area contributed by atoms with Crippen LogP contribution in [-0.4, -0.2) is 58.1 Å². The summed E-state index contributed by atoms with van der Waals surface area (Å²) in [6, 6.07) is -0.842. The molecular weight excluding hydrogens is 294 g/mol. The predicted octanol–water partition coefficient (Wildman–Crippen LogP) is -0.861. The van der Waals surface area contributed by atoms with Gasteiger partial charge in [0.2, 0.25) is 12.0 Å². The highest BCUT2D eigenvalue weighted by atomic mass is 32.2. The molecule has 0 aliphatic carbocycles. The summed E-state index contributed by atoms with van der Waals surface area (Å²) in [7, 11) is 0. The first kappa shape index (κ1) is 15.6. The predicted molar refractivity (Wildman–Crippen MR) is 68.9 cm³/mol. The number of nitrogens with one attached hydrogen (secondary N) is 1. The van der Waals surface area contributed by atoms with Crippen molar-refractivity contribution >= 4 is 42.0 Å². The lowest BCUT2D eigenvalue weighted by Gasteiger charge is -2.20. The third-order valence-electron chi connectivity index (χ3n) is 2.47. The molecule has 2 amide bonds. The van der Waals surface area contributed by atoms with Crippen LogP contribution in [0.3, 0.4) is 0 Å². The van der Waals surface area contributed by atoms with Gasteiger partial charge in [-0.25, -0.2) is 4.79 Å². The first-order valence-corrected chi connectivity index (χ1v) is 6.85. The van der Waals surface area contributed by atoms with Crippen LogP contribution in [0.4, 0.5) is 0 Å². The number of carbonyl (C=O) groups is 3. The molecular formula is C9H13N3O5S2. The molecule has 1 saturated heterocycles. The molecule has 0 bridgehead atoms. The largest absolute Gasteiger partial charge is 0.480 e. The van der Waals surface area contributed by atoms with Crippen LogP contribution in [0.15, 0.2) is 4.53 Å². The van der Waals surface area contributed by atoms with Crippen LogP contribution in [0.5, 0.6) is 0 Å². The summed E-state index contributed by atoms with van der Waals surface area (Å²) in [5, 5.41) is 11.3. The van der Waals surface area contributed by atoms with E-state index in [1.54, 1.807) is 0 Å². The molecule has 1 fully saturated rings. The highest BCUT2D eigenvalue weighted by molar-refractivity contribution is 7.99. The highest BCUT2D eigenvalue weighted by Gasteiger charge is 2.34. The van der Waals surface area contributed by atoms with E-state index in [-0.39, 0.29) is 6.54 Å². The van der Waals surface area contributed by atoms with Gasteiger partial charge in [0.25, 0.3) is 5.91 Å². The van der Waals surface area contributed by atoms with Crippen molar-refractivity contribution in [3.05, 3.63) is 0 Å². The quantitative estimate of drug-likeness (QED) is 0.615. The van der Waals surface area contributed by atoms with Crippen molar-refractivity contribution in [2.24, 2.45) is 4.53 Å². The Kier molecular flexibility index (Phi) is 5.96. The number of thioether (sulfide) groups is 1. The van der Waals surface area contributed by atoms with E-state index in [0.29, 0.717) is 11.6 Å². The number of carboxylic acid groups (broad SMARTS) is 1. The lowest BCUT2D eigenvalue weighted by molar-refractivity contribution is -0.147. The fraction of sp³-hybridized carbons (Fsp3) is 0.667. The van der Waals surface area contributed by atoms with E-state index in [1.165, 1.54) is 23.6 Å². The molecule has 2 unspecified atom stereocenters. The molecule has 1 aliphatic heterocycles. The normalized spacial score (nSPS) is 19.6. The topological polar surface area (TPSA) is 108 Å². The van der Waals surface area contributed by atoms with Crippen molar-refractivity contribution in [2.75, 3.05) is 18.2 Å². The fourth-order valence-electron chi connectivity index (χ4n) is 1.41. The summed E-state index contributed by atoms with van der Waals surface area (Å²) in [6.07, 6.45) is -0.895. The van der Waals surface area contributed by atoms with Crippen molar-refractivity contribution in [3.63, 3.8) is 0 Å². The van der Waals surface area contributed by atoms with Crippen LogP contribution in [0, 0.1) is 0 Å². The minimum atomic E-state index is -1.05. The Morgan fingerprint density at radius 3 is 2.89 bits per heavy atom. The van der Waals surface area contributed by atoms with Gasteiger partial charge in [0.15, 0.2) is 0 Å². The highest BCUT2D eigenvalue weighted by Crippen LogP contribution is 2.20. The smallest absolute Gasteiger partial charge is 0.327 e. The summed E-state index contributed by atoms with van der Waals surface area (Å²) in [5.41, 5.74) is 0. The molecule has 19 heavy (non-hydrogen) atoms. The average molecular weight is 307 g/mol. The van der Waals surface area contributed by atoms with Crippen molar-refractivity contribution in [3.8, 4) is 0 Å². The van der Waals surface area contributed by atoms with Gasteiger partial charge < -0.3 is 20.2 Å². The molecule has 106 valence electrons. The van der Waals surface area contributed by atoms with E-state index in [2.05, 4.69) is 27.1 Å². The zero-order valence-corrected chi connectivity index (χ0v) is 11.7. The number of amides is 2. The van der Waals surface area contributed by atoms with Gasteiger partial charge in [0.1, 0.15) is 6.04 Å². The molecule has 0 aromatic carbocycles. The molecule has 0 saturated carbocycles. The summed E-state index contributed by atoms with van der Waals surface area (Å²) in [6.45, 7) is 1.15. The molecule has 1 heterocycles. The van der Waals surface area contributed by atoms with E-state index >= 15 is 0 Å². The van der Waals surface area contributed by atoms with Gasteiger partial charge in [-0.3, -0.25) is 9.59 Å². The molecule has 0 radical (unpaired) electrons. The first-order chi connectivity index (χ1) is 8.97. The molecule has 8 nitrogen and oxygen atoms in total. The van der Waals surface area contributed by atoms with Gasteiger partial charge in [-0.05, 0) is 11.4 Å². The molecule has 10 heteroatoms. The van der Waals surface area contributed by atoms with Crippen molar-refractivity contribution < 1.29 is 24.3 Å².